The Labute approximate surface area is 149 Å². The molecule has 25 heavy (non-hydrogen) atoms. The largest absolute Gasteiger partial charge is 0.497 e. The van der Waals surface area contributed by atoms with Gasteiger partial charge >= 0.3 is 0 Å². The van der Waals surface area contributed by atoms with Crippen LogP contribution in [0.1, 0.15) is 17.1 Å². The minimum atomic E-state index is -0.963. The number of imidazole rings is 1. The van der Waals surface area contributed by atoms with Crippen molar-refractivity contribution in [1.82, 2.24) is 9.55 Å². The number of rotatable bonds is 3. The van der Waals surface area contributed by atoms with E-state index in [4.69, 9.17) is 9.72 Å². The van der Waals surface area contributed by atoms with Crippen LogP contribution in [0.25, 0.3) is 16.9 Å². The average Bonchev–Trinajstić information content (AvgIpc) is 2.97. The molecule has 0 saturated heterocycles. The third-order valence-electron chi connectivity index (χ3n) is 4.73. The molecule has 2 heterocycles. The maximum Gasteiger partial charge on any atom is 0.118 e. The third-order valence-corrected chi connectivity index (χ3v) is 5.64. The van der Waals surface area contributed by atoms with Gasteiger partial charge in [0.05, 0.1) is 24.2 Å². The highest BCUT2D eigenvalue weighted by molar-refractivity contribution is 7.84. The molecule has 1 aromatic heterocycles. The summed E-state index contributed by atoms with van der Waals surface area (Å²) in [5, 5.41) is 0. The Bertz CT molecular complexity index is 974. The number of aromatic nitrogens is 2. The maximum atomic E-state index is 11.8. The number of hydrogen-bond donors (Lipinski definition) is 0. The summed E-state index contributed by atoms with van der Waals surface area (Å²) in [5.74, 6) is 1.93. The summed E-state index contributed by atoms with van der Waals surface area (Å²) >= 11 is 0. The lowest BCUT2D eigenvalue weighted by Gasteiger charge is -2.21. The van der Waals surface area contributed by atoms with E-state index in [9.17, 15) is 4.21 Å². The second-order valence-corrected chi connectivity index (χ2v) is 7.65. The topological polar surface area (TPSA) is 44.1 Å². The Balaban J connectivity index is 1.89. The van der Waals surface area contributed by atoms with Crippen molar-refractivity contribution < 1.29 is 8.95 Å². The molecule has 1 aliphatic rings. The predicted octanol–water partition coefficient (Wildman–Crippen LogP) is 3.69. The highest BCUT2D eigenvalue weighted by atomic mass is 32.2. The fraction of sp³-hybridized carbons (Fsp3) is 0.250. The van der Waals surface area contributed by atoms with Crippen LogP contribution in [-0.2, 0) is 23.6 Å². The van der Waals surface area contributed by atoms with Crippen molar-refractivity contribution in [3.8, 4) is 22.7 Å². The van der Waals surface area contributed by atoms with E-state index in [2.05, 4.69) is 35.8 Å². The summed E-state index contributed by atoms with van der Waals surface area (Å²) in [5.41, 5.74) is 5.63. The summed E-state index contributed by atoms with van der Waals surface area (Å²) in [6.45, 7) is 2.06. The minimum absolute atomic E-state index is 0.843. The Morgan fingerprint density at radius 2 is 1.88 bits per heavy atom. The SMILES string of the molecule is COc1ccc(-c2c(C)nc3n2-c2ccc(S(C)=O)cc2CC3)cc1. The van der Waals surface area contributed by atoms with Crippen LogP contribution in [0.3, 0.4) is 0 Å². The summed E-state index contributed by atoms with van der Waals surface area (Å²) in [6.07, 6.45) is 3.54. The molecule has 4 rings (SSSR count). The number of fused-ring (bicyclic) bond motifs is 3. The Hall–Kier alpha value is -2.40. The smallest absolute Gasteiger partial charge is 0.118 e. The molecule has 0 radical (unpaired) electrons. The molecule has 128 valence electrons. The van der Waals surface area contributed by atoms with E-state index in [1.807, 2.05) is 18.2 Å². The third kappa shape index (κ3) is 2.68. The maximum absolute atomic E-state index is 11.8. The molecule has 5 heteroatoms. The van der Waals surface area contributed by atoms with Crippen molar-refractivity contribution in [2.75, 3.05) is 13.4 Å². The van der Waals surface area contributed by atoms with Gasteiger partial charge in [-0.05, 0) is 61.4 Å². The fourth-order valence-corrected chi connectivity index (χ4v) is 4.07. The molecule has 1 atom stereocenters. The Kier molecular flexibility index (Phi) is 3.96. The highest BCUT2D eigenvalue weighted by Crippen LogP contribution is 2.34. The van der Waals surface area contributed by atoms with Crippen molar-refractivity contribution in [1.29, 1.82) is 0 Å². The first-order chi connectivity index (χ1) is 12.1. The van der Waals surface area contributed by atoms with Crippen LogP contribution in [-0.4, -0.2) is 27.1 Å². The number of aryl methyl sites for hydroxylation is 3. The van der Waals surface area contributed by atoms with Gasteiger partial charge in [-0.3, -0.25) is 8.78 Å². The summed E-state index contributed by atoms with van der Waals surface area (Å²) in [7, 11) is 0.710. The molecule has 0 N–H and O–H groups in total. The molecule has 0 bridgehead atoms. The van der Waals surface area contributed by atoms with E-state index in [0.717, 1.165) is 51.9 Å². The molecular weight excluding hydrogens is 332 g/mol. The van der Waals surface area contributed by atoms with Crippen molar-refractivity contribution in [2.45, 2.75) is 24.7 Å². The van der Waals surface area contributed by atoms with Crippen LogP contribution in [0.4, 0.5) is 0 Å². The van der Waals surface area contributed by atoms with Gasteiger partial charge in [0, 0.05) is 33.9 Å². The zero-order chi connectivity index (χ0) is 17.6. The number of benzene rings is 2. The Morgan fingerprint density at radius 3 is 2.56 bits per heavy atom. The second kappa shape index (κ2) is 6.15. The molecule has 1 aliphatic heterocycles. The summed E-state index contributed by atoms with van der Waals surface area (Å²) in [4.78, 5) is 5.68. The van der Waals surface area contributed by atoms with E-state index >= 15 is 0 Å². The van der Waals surface area contributed by atoms with Crippen LogP contribution < -0.4 is 4.74 Å². The molecule has 1 unspecified atom stereocenters. The van der Waals surface area contributed by atoms with Gasteiger partial charge in [0.25, 0.3) is 0 Å². The molecular formula is C20H20N2O2S. The van der Waals surface area contributed by atoms with Crippen LogP contribution in [0, 0.1) is 6.92 Å². The molecule has 0 fully saturated rings. The highest BCUT2D eigenvalue weighted by Gasteiger charge is 2.23. The predicted molar refractivity (Wildman–Crippen MR) is 100 cm³/mol. The van der Waals surface area contributed by atoms with Crippen molar-refractivity contribution in [2.24, 2.45) is 0 Å². The van der Waals surface area contributed by atoms with Crippen molar-refractivity contribution >= 4 is 10.8 Å². The van der Waals surface area contributed by atoms with E-state index in [1.165, 1.54) is 5.56 Å². The molecule has 2 aromatic carbocycles. The number of methoxy groups -OCH3 is 1. The normalized spacial score (nSPS) is 13.9. The quantitative estimate of drug-likeness (QED) is 0.722. The van der Waals surface area contributed by atoms with E-state index < -0.39 is 10.8 Å². The van der Waals surface area contributed by atoms with Gasteiger partial charge in [-0.25, -0.2) is 4.98 Å². The lowest BCUT2D eigenvalue weighted by molar-refractivity contribution is 0.415. The first-order valence-electron chi connectivity index (χ1n) is 8.28. The van der Waals surface area contributed by atoms with Crippen LogP contribution in [0.2, 0.25) is 0 Å². The van der Waals surface area contributed by atoms with Crippen LogP contribution in [0.5, 0.6) is 5.75 Å². The van der Waals surface area contributed by atoms with Gasteiger partial charge in [0.1, 0.15) is 11.6 Å². The molecule has 4 nitrogen and oxygen atoms in total. The van der Waals surface area contributed by atoms with Gasteiger partial charge in [-0.2, -0.15) is 0 Å². The van der Waals surface area contributed by atoms with Crippen LogP contribution >= 0.6 is 0 Å². The molecule has 0 spiro atoms. The van der Waals surface area contributed by atoms with Gasteiger partial charge in [0.15, 0.2) is 0 Å². The summed E-state index contributed by atoms with van der Waals surface area (Å²) in [6, 6.07) is 14.2. The first kappa shape index (κ1) is 16.1. The molecule has 0 aliphatic carbocycles. The van der Waals surface area contributed by atoms with Gasteiger partial charge in [-0.1, -0.05) is 0 Å². The van der Waals surface area contributed by atoms with Gasteiger partial charge < -0.3 is 4.74 Å². The summed E-state index contributed by atoms with van der Waals surface area (Å²) < 4.78 is 19.3. The van der Waals surface area contributed by atoms with E-state index in [1.54, 1.807) is 13.4 Å². The van der Waals surface area contributed by atoms with E-state index in [0.29, 0.717) is 0 Å². The minimum Gasteiger partial charge on any atom is -0.497 e. The molecule has 3 aromatic rings. The second-order valence-electron chi connectivity index (χ2n) is 6.27. The van der Waals surface area contributed by atoms with Crippen LogP contribution in [0.15, 0.2) is 47.4 Å². The zero-order valence-corrected chi connectivity index (χ0v) is 15.4. The van der Waals surface area contributed by atoms with Gasteiger partial charge in [0.2, 0.25) is 0 Å². The van der Waals surface area contributed by atoms with Gasteiger partial charge in [-0.15, -0.1) is 0 Å². The monoisotopic (exact) mass is 352 g/mol. The first-order valence-corrected chi connectivity index (χ1v) is 9.83. The number of hydrogen-bond acceptors (Lipinski definition) is 3. The fourth-order valence-electron chi connectivity index (χ4n) is 3.51. The lowest BCUT2D eigenvalue weighted by Crippen LogP contribution is -2.13. The number of nitrogens with zero attached hydrogens (tertiary/aromatic N) is 2. The van der Waals surface area contributed by atoms with Crippen molar-refractivity contribution in [3.63, 3.8) is 0 Å². The van der Waals surface area contributed by atoms with Crippen molar-refractivity contribution in [3.05, 3.63) is 59.5 Å². The molecule has 0 amide bonds. The average molecular weight is 352 g/mol. The van der Waals surface area contributed by atoms with E-state index in [-0.39, 0.29) is 0 Å². The lowest BCUT2D eigenvalue weighted by atomic mass is 10.0. The number of ether oxygens (including phenoxy) is 1. The molecule has 0 saturated carbocycles. The Morgan fingerprint density at radius 1 is 1.12 bits per heavy atom. The standard InChI is InChI=1S/C20H20N2O2S/c1-13-20(14-4-7-16(24-2)8-5-14)22-18-10-9-17(25(3)23)12-15(18)6-11-19(22)21-13/h4-5,7-10,12H,6,11H2,1-3H3. The zero-order valence-electron chi connectivity index (χ0n) is 14.6.